The second kappa shape index (κ2) is 5.96. The number of aliphatic carboxylic acids is 1. The normalized spacial score (nSPS) is 18.1. The van der Waals surface area contributed by atoms with Crippen molar-refractivity contribution in [3.8, 4) is 0 Å². The average Bonchev–Trinajstić information content (AvgIpc) is 2.97. The van der Waals surface area contributed by atoms with Gasteiger partial charge < -0.3 is 10.0 Å². The van der Waals surface area contributed by atoms with Crippen molar-refractivity contribution in [2.24, 2.45) is 0 Å². The van der Waals surface area contributed by atoms with Crippen LogP contribution in [0.2, 0.25) is 0 Å². The van der Waals surface area contributed by atoms with E-state index in [1.807, 2.05) is 0 Å². The number of rotatable bonds is 3. The predicted octanol–water partition coefficient (Wildman–Crippen LogP) is 2.89. The number of nitrogens with zero attached hydrogens (tertiary/aromatic N) is 2. The molecule has 1 aliphatic heterocycles. The van der Waals surface area contributed by atoms with E-state index >= 15 is 0 Å². The van der Waals surface area contributed by atoms with Crippen LogP contribution in [0, 0.1) is 10.1 Å². The number of nitro groups is 1. The van der Waals surface area contributed by atoms with Gasteiger partial charge in [-0.1, -0.05) is 0 Å². The van der Waals surface area contributed by atoms with Crippen LogP contribution >= 0.6 is 11.3 Å². The number of hydrogen-bond donors (Lipinski definition) is 1. The van der Waals surface area contributed by atoms with Crippen LogP contribution in [0.15, 0.2) is 24.3 Å². The quantitative estimate of drug-likeness (QED) is 0.687. The Hall–Kier alpha value is -2.48. The van der Waals surface area contributed by atoms with Crippen molar-refractivity contribution in [3.63, 3.8) is 0 Å². The van der Waals surface area contributed by atoms with Crippen molar-refractivity contribution in [1.82, 2.24) is 4.90 Å². The van der Waals surface area contributed by atoms with E-state index in [4.69, 9.17) is 0 Å². The molecule has 1 N–H and O–H groups in total. The maximum absolute atomic E-state index is 12.6. The summed E-state index contributed by atoms with van der Waals surface area (Å²) in [7, 11) is 0. The molecule has 0 saturated carbocycles. The molecular weight excluding hydrogens is 320 g/mol. The number of fused-ring (bicyclic) bond motifs is 1. The molecule has 1 aromatic carbocycles. The number of carbonyl (C=O) groups is 2. The molecule has 23 heavy (non-hydrogen) atoms. The summed E-state index contributed by atoms with van der Waals surface area (Å²) in [5.41, 5.74) is -0.0318. The lowest BCUT2D eigenvalue weighted by atomic mass is 10.0. The largest absolute Gasteiger partial charge is 0.480 e. The summed E-state index contributed by atoms with van der Waals surface area (Å²) in [6.45, 7) is 0.421. The zero-order valence-corrected chi connectivity index (χ0v) is 12.9. The Labute approximate surface area is 135 Å². The van der Waals surface area contributed by atoms with Gasteiger partial charge in [-0.3, -0.25) is 14.9 Å². The molecule has 0 spiro atoms. The number of benzene rings is 1. The van der Waals surface area contributed by atoms with Gasteiger partial charge in [0.2, 0.25) is 0 Å². The van der Waals surface area contributed by atoms with E-state index < -0.39 is 16.9 Å². The standard InChI is InChI=1S/C15H14N2O5S/c18-14(16-6-2-1-3-11(16)15(19)20)13-8-9-7-10(17(21)22)4-5-12(9)23-13/h4-5,7-8,11H,1-3,6H2,(H,19,20). The Morgan fingerprint density at radius 2 is 2.09 bits per heavy atom. The lowest BCUT2D eigenvalue weighted by Crippen LogP contribution is -2.47. The minimum Gasteiger partial charge on any atom is -0.480 e. The van der Waals surface area contributed by atoms with Crippen LogP contribution in [0.3, 0.4) is 0 Å². The van der Waals surface area contributed by atoms with Crippen LogP contribution in [-0.2, 0) is 4.79 Å². The number of nitro benzene ring substituents is 1. The van der Waals surface area contributed by atoms with Crippen LogP contribution in [0.25, 0.3) is 10.1 Å². The molecule has 1 unspecified atom stereocenters. The number of non-ortho nitro benzene ring substituents is 1. The molecule has 1 aromatic heterocycles. The molecule has 0 bridgehead atoms. The fraction of sp³-hybridized carbons (Fsp3) is 0.333. The number of carbonyl (C=O) groups excluding carboxylic acids is 1. The minimum atomic E-state index is -0.991. The monoisotopic (exact) mass is 334 g/mol. The van der Waals surface area contributed by atoms with Crippen molar-refractivity contribution in [1.29, 1.82) is 0 Å². The summed E-state index contributed by atoms with van der Waals surface area (Å²) in [5.74, 6) is -1.31. The van der Waals surface area contributed by atoms with E-state index in [0.29, 0.717) is 23.2 Å². The number of carboxylic acid groups (broad SMARTS) is 1. The van der Waals surface area contributed by atoms with Gasteiger partial charge in [-0.05, 0) is 31.4 Å². The molecule has 3 rings (SSSR count). The third-order valence-corrected chi connectivity index (χ3v) is 5.07. The number of thiophene rings is 1. The third kappa shape index (κ3) is 2.89. The number of amides is 1. The van der Waals surface area contributed by atoms with Gasteiger partial charge in [0.1, 0.15) is 6.04 Å². The minimum absolute atomic E-state index is 0.0318. The highest BCUT2D eigenvalue weighted by atomic mass is 32.1. The molecule has 2 heterocycles. The number of carboxylic acids is 1. The average molecular weight is 334 g/mol. The lowest BCUT2D eigenvalue weighted by Gasteiger charge is -2.32. The highest BCUT2D eigenvalue weighted by Crippen LogP contribution is 2.31. The zero-order valence-electron chi connectivity index (χ0n) is 12.1. The topological polar surface area (TPSA) is 101 Å². The van der Waals surface area contributed by atoms with Crippen molar-refractivity contribution in [2.75, 3.05) is 6.54 Å². The van der Waals surface area contributed by atoms with E-state index in [-0.39, 0.29) is 11.6 Å². The van der Waals surface area contributed by atoms with E-state index in [1.165, 1.54) is 28.4 Å². The summed E-state index contributed by atoms with van der Waals surface area (Å²) in [6, 6.07) is 5.24. The highest BCUT2D eigenvalue weighted by Gasteiger charge is 2.33. The van der Waals surface area contributed by atoms with Gasteiger partial charge in [0.15, 0.2) is 0 Å². The zero-order chi connectivity index (χ0) is 16.6. The van der Waals surface area contributed by atoms with Crippen molar-refractivity contribution >= 4 is 39.0 Å². The Kier molecular flexibility index (Phi) is 3.99. The Bertz CT molecular complexity index is 800. The van der Waals surface area contributed by atoms with Crippen molar-refractivity contribution in [3.05, 3.63) is 39.3 Å². The molecule has 0 aliphatic carbocycles. The Morgan fingerprint density at radius 3 is 2.78 bits per heavy atom. The molecule has 2 aromatic rings. The van der Waals surface area contributed by atoms with Gasteiger partial charge in [0, 0.05) is 28.8 Å². The number of likely N-dealkylation sites (tertiary alicyclic amines) is 1. The van der Waals surface area contributed by atoms with Gasteiger partial charge in [0.05, 0.1) is 9.80 Å². The van der Waals surface area contributed by atoms with E-state index in [0.717, 1.165) is 17.5 Å². The van der Waals surface area contributed by atoms with E-state index in [1.54, 1.807) is 12.1 Å². The molecule has 1 fully saturated rings. The third-order valence-electron chi connectivity index (χ3n) is 3.97. The van der Waals surface area contributed by atoms with Crippen LogP contribution in [0.1, 0.15) is 28.9 Å². The summed E-state index contributed by atoms with van der Waals surface area (Å²) in [5, 5.41) is 20.7. The molecule has 1 amide bonds. The van der Waals surface area contributed by atoms with Crippen LogP contribution in [0.4, 0.5) is 5.69 Å². The molecular formula is C15H14N2O5S. The van der Waals surface area contributed by atoms with Gasteiger partial charge in [-0.15, -0.1) is 11.3 Å². The number of hydrogen-bond acceptors (Lipinski definition) is 5. The first kappa shape index (κ1) is 15.4. The molecule has 7 nitrogen and oxygen atoms in total. The second-order valence-corrected chi connectivity index (χ2v) is 6.52. The first-order valence-corrected chi connectivity index (χ1v) is 8.01. The summed E-state index contributed by atoms with van der Waals surface area (Å²) >= 11 is 1.23. The first-order chi connectivity index (χ1) is 11.0. The van der Waals surface area contributed by atoms with Crippen molar-refractivity contribution < 1.29 is 19.6 Å². The Balaban J connectivity index is 1.93. The van der Waals surface area contributed by atoms with Crippen LogP contribution in [0.5, 0.6) is 0 Å². The summed E-state index contributed by atoms with van der Waals surface area (Å²) < 4.78 is 0.767. The smallest absolute Gasteiger partial charge is 0.326 e. The van der Waals surface area contributed by atoms with Gasteiger partial charge in [0.25, 0.3) is 11.6 Å². The molecule has 120 valence electrons. The van der Waals surface area contributed by atoms with Crippen molar-refractivity contribution in [2.45, 2.75) is 25.3 Å². The van der Waals surface area contributed by atoms with Crippen LogP contribution in [-0.4, -0.2) is 39.4 Å². The van der Waals surface area contributed by atoms with E-state index in [9.17, 15) is 24.8 Å². The van der Waals surface area contributed by atoms with E-state index in [2.05, 4.69) is 0 Å². The first-order valence-electron chi connectivity index (χ1n) is 7.19. The van der Waals surface area contributed by atoms with Crippen LogP contribution < -0.4 is 0 Å². The SMILES string of the molecule is O=C(O)C1CCCCN1C(=O)c1cc2cc([N+](=O)[O-])ccc2s1. The lowest BCUT2D eigenvalue weighted by molar-refractivity contribution is -0.384. The molecule has 0 radical (unpaired) electrons. The van der Waals surface area contributed by atoms with Gasteiger partial charge >= 0.3 is 5.97 Å². The highest BCUT2D eigenvalue weighted by molar-refractivity contribution is 7.20. The molecule has 1 atom stereocenters. The predicted molar refractivity (Wildman–Crippen MR) is 84.8 cm³/mol. The van der Waals surface area contributed by atoms with Gasteiger partial charge in [-0.25, -0.2) is 4.79 Å². The summed E-state index contributed by atoms with van der Waals surface area (Å²) in [4.78, 5) is 36.1. The van der Waals surface area contributed by atoms with Gasteiger partial charge in [-0.2, -0.15) is 0 Å². The number of piperidine rings is 1. The second-order valence-electron chi connectivity index (χ2n) is 5.44. The molecule has 1 saturated heterocycles. The maximum atomic E-state index is 12.6. The fourth-order valence-electron chi connectivity index (χ4n) is 2.82. The summed E-state index contributed by atoms with van der Waals surface area (Å²) in [6.07, 6.45) is 2.03. The fourth-order valence-corrected chi connectivity index (χ4v) is 3.82. The maximum Gasteiger partial charge on any atom is 0.326 e. The molecule has 1 aliphatic rings. The Morgan fingerprint density at radius 1 is 1.30 bits per heavy atom. The molecule has 8 heteroatoms.